The Hall–Kier alpha value is -1.76. The van der Waals surface area contributed by atoms with Crippen LogP contribution in [0.3, 0.4) is 0 Å². The molecule has 5 nitrogen and oxygen atoms in total. The maximum absolute atomic E-state index is 11.8. The van der Waals surface area contributed by atoms with Gasteiger partial charge in [-0.25, -0.2) is 8.78 Å². The van der Waals surface area contributed by atoms with Crippen LogP contribution < -0.4 is 5.73 Å². The maximum Gasteiger partial charge on any atom is 0.292 e. The first-order valence-electron chi connectivity index (χ1n) is 4.39. The quantitative estimate of drug-likeness (QED) is 0.478. The first kappa shape index (κ1) is 12.3. The van der Waals surface area contributed by atoms with E-state index in [4.69, 9.17) is 5.73 Å². The number of halogens is 2. The Morgan fingerprint density at radius 1 is 1.50 bits per heavy atom. The second-order valence-corrected chi connectivity index (χ2v) is 3.06. The van der Waals surface area contributed by atoms with Crippen LogP contribution in [0.5, 0.6) is 0 Å². The van der Waals surface area contributed by atoms with Gasteiger partial charge in [0.25, 0.3) is 12.1 Å². The zero-order valence-electron chi connectivity index (χ0n) is 8.23. The van der Waals surface area contributed by atoms with Gasteiger partial charge in [0.15, 0.2) is 0 Å². The third-order valence-electron chi connectivity index (χ3n) is 1.80. The van der Waals surface area contributed by atoms with E-state index in [9.17, 15) is 18.9 Å². The second kappa shape index (κ2) is 5.36. The average Bonchev–Trinajstić information content (AvgIpc) is 2.19. The summed E-state index contributed by atoms with van der Waals surface area (Å²) in [5.41, 5.74) is 5.58. The van der Waals surface area contributed by atoms with Gasteiger partial charge in [-0.05, 0) is 11.6 Å². The lowest BCUT2D eigenvalue weighted by molar-refractivity contribution is -0.384. The highest BCUT2D eigenvalue weighted by Gasteiger charge is 2.12. The minimum absolute atomic E-state index is 0.0302. The molecule has 1 aromatic carbocycles. The van der Waals surface area contributed by atoms with Gasteiger partial charge < -0.3 is 10.5 Å². The van der Waals surface area contributed by atoms with Gasteiger partial charge in [0.2, 0.25) is 0 Å². The lowest BCUT2D eigenvalue weighted by Gasteiger charge is -2.04. The van der Waals surface area contributed by atoms with Crippen molar-refractivity contribution >= 4 is 11.4 Å². The van der Waals surface area contributed by atoms with Gasteiger partial charge >= 0.3 is 0 Å². The molecule has 0 spiro atoms. The topological polar surface area (TPSA) is 78.4 Å². The molecule has 0 radical (unpaired) electrons. The van der Waals surface area contributed by atoms with Crippen molar-refractivity contribution in [3.8, 4) is 0 Å². The van der Waals surface area contributed by atoms with E-state index in [1.165, 1.54) is 18.2 Å². The Balaban J connectivity index is 2.68. The Morgan fingerprint density at radius 3 is 2.75 bits per heavy atom. The Bertz CT molecular complexity index is 385. The molecule has 0 saturated heterocycles. The Morgan fingerprint density at radius 2 is 2.19 bits per heavy atom. The molecule has 0 aliphatic heterocycles. The monoisotopic (exact) mass is 232 g/mol. The summed E-state index contributed by atoms with van der Waals surface area (Å²) >= 11 is 0. The average molecular weight is 232 g/mol. The van der Waals surface area contributed by atoms with E-state index in [0.717, 1.165) is 0 Å². The standard InChI is InChI=1S/C9H10F2N2O3/c10-9(11)5-16-4-6-1-2-7(12)8(3-6)13(14)15/h1-3,9H,4-5,12H2. The second-order valence-electron chi connectivity index (χ2n) is 3.06. The number of alkyl halides is 2. The highest BCUT2D eigenvalue weighted by atomic mass is 19.3. The number of hydrogen-bond acceptors (Lipinski definition) is 4. The molecule has 0 unspecified atom stereocenters. The van der Waals surface area contributed by atoms with Crippen molar-refractivity contribution in [2.24, 2.45) is 0 Å². The molecule has 0 fully saturated rings. The number of rotatable bonds is 5. The lowest BCUT2D eigenvalue weighted by Crippen LogP contribution is -2.04. The van der Waals surface area contributed by atoms with Crippen LogP contribution in [0.15, 0.2) is 18.2 Å². The molecule has 1 rings (SSSR count). The van der Waals surface area contributed by atoms with Crippen LogP contribution in [-0.4, -0.2) is 18.0 Å². The summed E-state index contributed by atoms with van der Waals surface area (Å²) in [5.74, 6) is 0. The maximum atomic E-state index is 11.8. The van der Waals surface area contributed by atoms with E-state index < -0.39 is 18.0 Å². The highest BCUT2D eigenvalue weighted by molar-refractivity contribution is 5.59. The molecule has 1 aromatic rings. The number of nitrogen functional groups attached to an aromatic ring is 1. The predicted molar refractivity (Wildman–Crippen MR) is 53.2 cm³/mol. The molecule has 0 aromatic heterocycles. The summed E-state index contributed by atoms with van der Waals surface area (Å²) in [7, 11) is 0. The molecule has 0 atom stereocenters. The number of ether oxygens (including phenoxy) is 1. The first-order chi connectivity index (χ1) is 7.50. The molecule has 0 bridgehead atoms. The van der Waals surface area contributed by atoms with Crippen LogP contribution in [0.2, 0.25) is 0 Å². The summed E-state index contributed by atoms with van der Waals surface area (Å²) in [6, 6.07) is 4.05. The van der Waals surface area contributed by atoms with Crippen molar-refractivity contribution in [3.05, 3.63) is 33.9 Å². The largest absolute Gasteiger partial charge is 0.393 e. The smallest absolute Gasteiger partial charge is 0.292 e. The molecule has 88 valence electrons. The number of nitrogens with zero attached hydrogens (tertiary/aromatic N) is 1. The number of benzene rings is 1. The number of nitro groups is 1. The summed E-state index contributed by atoms with van der Waals surface area (Å²) in [6.45, 7) is -0.802. The van der Waals surface area contributed by atoms with Gasteiger partial charge in [0, 0.05) is 6.07 Å². The summed E-state index contributed by atoms with van der Waals surface area (Å²) in [4.78, 5) is 9.89. The number of nitrogens with two attached hydrogens (primary N) is 1. The third kappa shape index (κ3) is 3.43. The highest BCUT2D eigenvalue weighted by Crippen LogP contribution is 2.22. The van der Waals surface area contributed by atoms with Gasteiger partial charge in [0.05, 0.1) is 11.5 Å². The summed E-state index contributed by atoms with van der Waals surface area (Å²) < 4.78 is 28.2. The van der Waals surface area contributed by atoms with E-state index in [2.05, 4.69) is 4.74 Å². The van der Waals surface area contributed by atoms with Gasteiger partial charge in [0.1, 0.15) is 12.3 Å². The fraction of sp³-hybridized carbons (Fsp3) is 0.333. The zero-order valence-corrected chi connectivity index (χ0v) is 8.23. The fourth-order valence-corrected chi connectivity index (χ4v) is 1.10. The van der Waals surface area contributed by atoms with Crippen LogP contribution in [0, 0.1) is 10.1 Å². The molecule has 0 saturated carbocycles. The van der Waals surface area contributed by atoms with Crippen LogP contribution in [0.25, 0.3) is 0 Å². The first-order valence-corrected chi connectivity index (χ1v) is 4.39. The van der Waals surface area contributed by atoms with Crippen molar-refractivity contribution in [2.45, 2.75) is 13.0 Å². The van der Waals surface area contributed by atoms with Crippen molar-refractivity contribution < 1.29 is 18.4 Å². The number of hydrogen-bond donors (Lipinski definition) is 1. The molecule has 0 amide bonds. The SMILES string of the molecule is Nc1ccc(COCC(F)F)cc1[N+](=O)[O-]. The number of nitro benzene ring substituents is 1. The van der Waals surface area contributed by atoms with E-state index in [-0.39, 0.29) is 18.0 Å². The van der Waals surface area contributed by atoms with Crippen molar-refractivity contribution in [1.29, 1.82) is 0 Å². The van der Waals surface area contributed by atoms with Crippen molar-refractivity contribution in [3.63, 3.8) is 0 Å². The van der Waals surface area contributed by atoms with Gasteiger partial charge in [-0.1, -0.05) is 6.07 Å². The van der Waals surface area contributed by atoms with E-state index >= 15 is 0 Å². The minimum Gasteiger partial charge on any atom is -0.393 e. The van der Waals surface area contributed by atoms with Gasteiger partial charge in [-0.15, -0.1) is 0 Å². The summed E-state index contributed by atoms with van der Waals surface area (Å²) in [6.07, 6.45) is -2.55. The van der Waals surface area contributed by atoms with Gasteiger partial charge in [-0.3, -0.25) is 10.1 Å². The third-order valence-corrected chi connectivity index (χ3v) is 1.80. The van der Waals surface area contributed by atoms with Crippen molar-refractivity contribution in [2.75, 3.05) is 12.3 Å². The van der Waals surface area contributed by atoms with Crippen LogP contribution in [0.1, 0.15) is 5.56 Å². The van der Waals surface area contributed by atoms with Gasteiger partial charge in [-0.2, -0.15) is 0 Å². The molecule has 0 aliphatic carbocycles. The molecule has 7 heteroatoms. The normalized spacial score (nSPS) is 10.7. The van der Waals surface area contributed by atoms with Crippen LogP contribution in [-0.2, 0) is 11.3 Å². The lowest BCUT2D eigenvalue weighted by atomic mass is 10.2. The Labute approximate surface area is 90.0 Å². The molecule has 2 N–H and O–H groups in total. The minimum atomic E-state index is -2.55. The van der Waals surface area contributed by atoms with E-state index in [1.807, 2.05) is 0 Å². The van der Waals surface area contributed by atoms with E-state index in [0.29, 0.717) is 5.56 Å². The molecular formula is C9H10F2N2O3. The van der Waals surface area contributed by atoms with Crippen LogP contribution >= 0.6 is 0 Å². The zero-order chi connectivity index (χ0) is 12.1. The molecule has 0 heterocycles. The van der Waals surface area contributed by atoms with E-state index in [1.54, 1.807) is 0 Å². The fourth-order valence-electron chi connectivity index (χ4n) is 1.10. The molecule has 0 aliphatic rings. The molecule has 16 heavy (non-hydrogen) atoms. The van der Waals surface area contributed by atoms with Crippen LogP contribution in [0.4, 0.5) is 20.2 Å². The number of anilines is 1. The Kier molecular flexibility index (Phi) is 4.12. The molecular weight excluding hydrogens is 222 g/mol. The summed E-state index contributed by atoms with van der Waals surface area (Å²) in [5, 5.41) is 10.5. The predicted octanol–water partition coefficient (Wildman–Crippen LogP) is 1.96. The van der Waals surface area contributed by atoms with Crippen molar-refractivity contribution in [1.82, 2.24) is 0 Å².